The van der Waals surface area contributed by atoms with E-state index in [1.165, 1.54) is 7.11 Å². The second kappa shape index (κ2) is 6.72. The van der Waals surface area contributed by atoms with Crippen molar-refractivity contribution >= 4 is 11.7 Å². The van der Waals surface area contributed by atoms with E-state index in [0.29, 0.717) is 17.8 Å². The van der Waals surface area contributed by atoms with Gasteiger partial charge in [-0.2, -0.15) is 0 Å². The molecule has 0 amide bonds. The smallest absolute Gasteiger partial charge is 0.340 e. The maximum absolute atomic E-state index is 11.9. The third-order valence-electron chi connectivity index (χ3n) is 3.76. The molecule has 2 rings (SSSR count). The van der Waals surface area contributed by atoms with Gasteiger partial charge in [0.2, 0.25) is 0 Å². The molecule has 1 heterocycles. The summed E-state index contributed by atoms with van der Waals surface area (Å²) >= 11 is 0. The fourth-order valence-electron chi connectivity index (χ4n) is 2.69. The van der Waals surface area contributed by atoms with Gasteiger partial charge in [-0.05, 0) is 31.0 Å². The predicted molar refractivity (Wildman–Crippen MR) is 77.5 cm³/mol. The Morgan fingerprint density at radius 3 is 2.95 bits per heavy atom. The number of nitrogen functional groups attached to an aromatic ring is 1. The number of methoxy groups -OCH3 is 2. The molecule has 1 saturated heterocycles. The van der Waals surface area contributed by atoms with Crippen LogP contribution in [0.4, 0.5) is 5.69 Å². The van der Waals surface area contributed by atoms with Crippen molar-refractivity contribution in [2.75, 3.05) is 33.0 Å². The molecule has 20 heavy (non-hydrogen) atoms. The van der Waals surface area contributed by atoms with E-state index >= 15 is 0 Å². The molecule has 5 nitrogen and oxygen atoms in total. The highest BCUT2D eigenvalue weighted by Crippen LogP contribution is 2.22. The Balaban J connectivity index is 2.16. The molecule has 1 aliphatic heterocycles. The van der Waals surface area contributed by atoms with E-state index in [4.69, 9.17) is 15.2 Å². The molecule has 1 fully saturated rings. The molecule has 0 saturated carbocycles. The Kier molecular flexibility index (Phi) is 4.98. The number of likely N-dealkylation sites (tertiary alicyclic amines) is 1. The third-order valence-corrected chi connectivity index (χ3v) is 3.76. The lowest BCUT2D eigenvalue weighted by molar-refractivity contribution is 0.0283. The number of carbonyl (C=O) groups excluding carboxylic acids is 1. The Hall–Kier alpha value is -1.59. The van der Waals surface area contributed by atoms with Crippen LogP contribution in [0.3, 0.4) is 0 Å². The number of esters is 1. The topological polar surface area (TPSA) is 64.8 Å². The molecule has 110 valence electrons. The van der Waals surface area contributed by atoms with E-state index in [0.717, 1.165) is 31.5 Å². The Labute approximate surface area is 119 Å². The second-order valence-electron chi connectivity index (χ2n) is 5.11. The quantitative estimate of drug-likeness (QED) is 0.670. The zero-order valence-electron chi connectivity index (χ0n) is 12.1. The molecule has 1 aromatic rings. The Morgan fingerprint density at radius 2 is 2.25 bits per heavy atom. The third kappa shape index (κ3) is 3.29. The van der Waals surface area contributed by atoms with Gasteiger partial charge in [0.05, 0.1) is 18.8 Å². The minimum absolute atomic E-state index is 0.270. The zero-order chi connectivity index (χ0) is 14.5. The van der Waals surface area contributed by atoms with Crippen molar-refractivity contribution in [3.8, 4) is 0 Å². The normalized spacial score (nSPS) is 19.8. The number of anilines is 1. The average Bonchev–Trinajstić information content (AvgIpc) is 2.47. The largest absolute Gasteiger partial charge is 0.465 e. The maximum Gasteiger partial charge on any atom is 0.340 e. The summed E-state index contributed by atoms with van der Waals surface area (Å²) in [6.07, 6.45) is 2.47. The average molecular weight is 278 g/mol. The van der Waals surface area contributed by atoms with Crippen molar-refractivity contribution in [2.45, 2.75) is 25.5 Å². The standard InChI is InChI=1S/C15H22N2O3/c1-19-12-6-4-8-17(10-12)9-11-5-3-7-13(16)14(11)15(18)20-2/h3,5,7,12H,4,6,8-10,16H2,1-2H3. The summed E-state index contributed by atoms with van der Waals surface area (Å²) in [5.74, 6) is -0.376. The van der Waals surface area contributed by atoms with Gasteiger partial charge in [0, 0.05) is 25.9 Å². The lowest BCUT2D eigenvalue weighted by Gasteiger charge is -2.32. The molecule has 5 heteroatoms. The molecule has 0 radical (unpaired) electrons. The predicted octanol–water partition coefficient (Wildman–Crippen LogP) is 1.67. The van der Waals surface area contributed by atoms with Gasteiger partial charge in [-0.3, -0.25) is 4.90 Å². The number of piperidine rings is 1. The summed E-state index contributed by atoms with van der Waals surface area (Å²) in [6.45, 7) is 2.58. The first-order chi connectivity index (χ1) is 9.65. The van der Waals surface area contributed by atoms with Gasteiger partial charge in [-0.15, -0.1) is 0 Å². The van der Waals surface area contributed by atoms with Gasteiger partial charge in [-0.1, -0.05) is 12.1 Å². The van der Waals surface area contributed by atoms with Gasteiger partial charge in [0.25, 0.3) is 0 Å². The van der Waals surface area contributed by atoms with Crippen LogP contribution in [0.5, 0.6) is 0 Å². The van der Waals surface area contributed by atoms with Crippen molar-refractivity contribution in [3.05, 3.63) is 29.3 Å². The van der Waals surface area contributed by atoms with Gasteiger partial charge in [0.15, 0.2) is 0 Å². The molecule has 0 spiro atoms. The van der Waals surface area contributed by atoms with E-state index < -0.39 is 0 Å². The minimum Gasteiger partial charge on any atom is -0.465 e. The van der Waals surface area contributed by atoms with E-state index in [2.05, 4.69) is 4.90 Å². The van der Waals surface area contributed by atoms with E-state index in [1.54, 1.807) is 13.2 Å². The van der Waals surface area contributed by atoms with Crippen LogP contribution >= 0.6 is 0 Å². The highest BCUT2D eigenvalue weighted by molar-refractivity contribution is 5.96. The first-order valence-corrected chi connectivity index (χ1v) is 6.86. The van der Waals surface area contributed by atoms with Crippen LogP contribution in [0.25, 0.3) is 0 Å². The molecular formula is C15H22N2O3. The van der Waals surface area contributed by atoms with Gasteiger partial charge in [-0.25, -0.2) is 4.79 Å². The van der Waals surface area contributed by atoms with Crippen LogP contribution in [0.2, 0.25) is 0 Å². The summed E-state index contributed by atoms with van der Waals surface area (Å²) in [6, 6.07) is 5.53. The summed E-state index contributed by atoms with van der Waals surface area (Å²) in [5.41, 5.74) is 7.77. The van der Waals surface area contributed by atoms with Crippen LogP contribution in [-0.2, 0) is 16.0 Å². The van der Waals surface area contributed by atoms with E-state index in [-0.39, 0.29) is 12.1 Å². The van der Waals surface area contributed by atoms with Gasteiger partial charge in [0.1, 0.15) is 0 Å². The lowest BCUT2D eigenvalue weighted by atomic mass is 10.0. The van der Waals surface area contributed by atoms with Crippen molar-refractivity contribution < 1.29 is 14.3 Å². The number of carbonyl (C=O) groups is 1. The van der Waals surface area contributed by atoms with E-state index in [1.807, 2.05) is 12.1 Å². The number of hydrogen-bond acceptors (Lipinski definition) is 5. The monoisotopic (exact) mass is 278 g/mol. The summed E-state index contributed by atoms with van der Waals surface area (Å²) in [5, 5.41) is 0. The van der Waals surface area contributed by atoms with Crippen LogP contribution in [-0.4, -0.2) is 44.3 Å². The molecule has 1 atom stereocenters. The Morgan fingerprint density at radius 1 is 1.45 bits per heavy atom. The van der Waals surface area contributed by atoms with Crippen molar-refractivity contribution in [3.63, 3.8) is 0 Å². The molecule has 2 N–H and O–H groups in total. The molecule has 1 aliphatic rings. The van der Waals surface area contributed by atoms with Crippen molar-refractivity contribution in [1.82, 2.24) is 4.90 Å². The van der Waals surface area contributed by atoms with Crippen molar-refractivity contribution in [2.24, 2.45) is 0 Å². The SMILES string of the molecule is COC(=O)c1c(N)cccc1CN1CCCC(OC)C1. The maximum atomic E-state index is 11.9. The molecule has 1 unspecified atom stereocenters. The number of nitrogens with zero attached hydrogens (tertiary/aromatic N) is 1. The van der Waals surface area contributed by atoms with Crippen LogP contribution in [0, 0.1) is 0 Å². The van der Waals surface area contributed by atoms with Crippen LogP contribution in [0.1, 0.15) is 28.8 Å². The summed E-state index contributed by atoms with van der Waals surface area (Å²) in [7, 11) is 3.12. The zero-order valence-corrected chi connectivity index (χ0v) is 12.1. The molecule has 1 aromatic carbocycles. The van der Waals surface area contributed by atoms with Gasteiger partial charge >= 0.3 is 5.97 Å². The summed E-state index contributed by atoms with van der Waals surface area (Å²) in [4.78, 5) is 14.2. The summed E-state index contributed by atoms with van der Waals surface area (Å²) < 4.78 is 10.3. The van der Waals surface area contributed by atoms with Crippen molar-refractivity contribution in [1.29, 1.82) is 0 Å². The number of rotatable bonds is 4. The van der Waals surface area contributed by atoms with Gasteiger partial charge < -0.3 is 15.2 Å². The first kappa shape index (κ1) is 14.8. The fourth-order valence-corrected chi connectivity index (χ4v) is 2.69. The number of ether oxygens (including phenoxy) is 2. The molecule has 0 aromatic heterocycles. The number of benzene rings is 1. The Bertz CT molecular complexity index is 476. The minimum atomic E-state index is -0.376. The molecule has 0 bridgehead atoms. The second-order valence-corrected chi connectivity index (χ2v) is 5.11. The number of hydrogen-bond donors (Lipinski definition) is 1. The molecule has 0 aliphatic carbocycles. The fraction of sp³-hybridized carbons (Fsp3) is 0.533. The number of nitrogens with two attached hydrogens (primary N) is 1. The van der Waals surface area contributed by atoms with Crippen LogP contribution < -0.4 is 5.73 Å². The highest BCUT2D eigenvalue weighted by Gasteiger charge is 2.22. The molecular weight excluding hydrogens is 256 g/mol. The highest BCUT2D eigenvalue weighted by atomic mass is 16.5. The lowest BCUT2D eigenvalue weighted by Crippen LogP contribution is -2.39. The first-order valence-electron chi connectivity index (χ1n) is 6.86. The van der Waals surface area contributed by atoms with Crippen LogP contribution in [0.15, 0.2) is 18.2 Å². The van der Waals surface area contributed by atoms with E-state index in [9.17, 15) is 4.79 Å².